The average Bonchev–Trinajstić information content (AvgIpc) is 3.12. The van der Waals surface area contributed by atoms with E-state index in [4.69, 9.17) is 0 Å². The summed E-state index contributed by atoms with van der Waals surface area (Å²) in [4.78, 5) is 2.42. The zero-order valence-electron chi connectivity index (χ0n) is 13.9. The minimum absolute atomic E-state index is 0.0225. The molecular formula is C18H22F3NO2S. The third-order valence-electron chi connectivity index (χ3n) is 6.15. The minimum Gasteiger partial charge on any atom is -0.300 e. The molecule has 1 aliphatic carbocycles. The summed E-state index contributed by atoms with van der Waals surface area (Å²) in [6.07, 6.45) is -0.363. The molecule has 3 fully saturated rings. The Morgan fingerprint density at radius 2 is 1.76 bits per heavy atom. The molecule has 0 aromatic heterocycles. The van der Waals surface area contributed by atoms with Crippen LogP contribution in [0.25, 0.3) is 0 Å². The van der Waals surface area contributed by atoms with Gasteiger partial charge in [-0.2, -0.15) is 13.2 Å². The van der Waals surface area contributed by atoms with Gasteiger partial charge in [0.1, 0.15) is 0 Å². The van der Waals surface area contributed by atoms with Crippen LogP contribution >= 0.6 is 0 Å². The summed E-state index contributed by atoms with van der Waals surface area (Å²) in [5.41, 5.74) is 0.361. The third-order valence-corrected chi connectivity index (χ3v) is 8.26. The second-order valence-corrected chi connectivity index (χ2v) is 10.1. The first-order chi connectivity index (χ1) is 11.7. The van der Waals surface area contributed by atoms with E-state index in [2.05, 4.69) is 4.90 Å². The number of benzene rings is 1. The fourth-order valence-corrected chi connectivity index (χ4v) is 7.20. The van der Waals surface area contributed by atoms with Gasteiger partial charge < -0.3 is 0 Å². The normalized spacial score (nSPS) is 31.3. The van der Waals surface area contributed by atoms with E-state index in [1.165, 1.54) is 12.1 Å². The van der Waals surface area contributed by atoms with Gasteiger partial charge in [0.05, 0.1) is 17.1 Å². The summed E-state index contributed by atoms with van der Waals surface area (Å²) in [7, 11) is -2.81. The molecule has 1 aromatic carbocycles. The fraction of sp³-hybridized carbons (Fsp3) is 0.667. The predicted octanol–water partition coefficient (Wildman–Crippen LogP) is 3.46. The third kappa shape index (κ3) is 3.33. The fourth-order valence-electron chi connectivity index (χ4n) is 4.94. The van der Waals surface area contributed by atoms with Crippen LogP contribution in [0.5, 0.6) is 0 Å². The van der Waals surface area contributed by atoms with Crippen LogP contribution in [0, 0.1) is 5.41 Å². The molecule has 2 saturated heterocycles. The van der Waals surface area contributed by atoms with Crippen LogP contribution in [0.4, 0.5) is 13.2 Å². The molecule has 4 rings (SSSR count). The van der Waals surface area contributed by atoms with Gasteiger partial charge in [-0.25, -0.2) is 8.42 Å². The summed E-state index contributed by atoms with van der Waals surface area (Å²) in [5, 5.41) is 0. The Balaban J connectivity index is 1.37. The molecule has 3 nitrogen and oxygen atoms in total. The second-order valence-electron chi connectivity index (χ2n) is 8.04. The smallest absolute Gasteiger partial charge is 0.300 e. The van der Waals surface area contributed by atoms with Crippen LogP contribution in [0.1, 0.15) is 42.7 Å². The maximum absolute atomic E-state index is 12.7. The van der Waals surface area contributed by atoms with Crippen molar-refractivity contribution in [2.45, 2.75) is 43.8 Å². The Labute approximate surface area is 146 Å². The van der Waals surface area contributed by atoms with E-state index >= 15 is 0 Å². The van der Waals surface area contributed by atoms with E-state index in [0.717, 1.165) is 44.3 Å². The monoisotopic (exact) mass is 373 g/mol. The van der Waals surface area contributed by atoms with Crippen molar-refractivity contribution in [3.05, 3.63) is 35.4 Å². The SMILES string of the molecule is O=S1(=O)CC2(CCN([C@@H]3CC[C@@H](c4ccc(C(F)(F)F)cc4)C3)C2)C1. The molecule has 1 spiro atoms. The highest BCUT2D eigenvalue weighted by molar-refractivity contribution is 7.92. The molecule has 7 heteroatoms. The van der Waals surface area contributed by atoms with Crippen molar-refractivity contribution in [1.82, 2.24) is 4.90 Å². The van der Waals surface area contributed by atoms with Gasteiger partial charge in [0.25, 0.3) is 0 Å². The Morgan fingerprint density at radius 1 is 1.08 bits per heavy atom. The van der Waals surface area contributed by atoms with Crippen molar-refractivity contribution in [2.75, 3.05) is 24.6 Å². The number of halogens is 3. The highest BCUT2D eigenvalue weighted by Crippen LogP contribution is 2.45. The first kappa shape index (κ1) is 17.3. The van der Waals surface area contributed by atoms with E-state index in [1.807, 2.05) is 0 Å². The highest BCUT2D eigenvalue weighted by Gasteiger charge is 2.53. The molecule has 2 heterocycles. The van der Waals surface area contributed by atoms with Gasteiger partial charge in [0.2, 0.25) is 0 Å². The molecule has 0 amide bonds. The van der Waals surface area contributed by atoms with Crippen molar-refractivity contribution < 1.29 is 21.6 Å². The molecule has 138 valence electrons. The number of hydrogen-bond acceptors (Lipinski definition) is 3. The van der Waals surface area contributed by atoms with Gasteiger partial charge in [0.15, 0.2) is 9.84 Å². The van der Waals surface area contributed by atoms with Gasteiger partial charge >= 0.3 is 6.18 Å². The molecule has 0 radical (unpaired) electrons. The number of likely N-dealkylation sites (tertiary alicyclic amines) is 1. The number of hydrogen-bond donors (Lipinski definition) is 0. The zero-order chi connectivity index (χ0) is 17.9. The Bertz CT molecular complexity index is 746. The van der Waals surface area contributed by atoms with E-state index in [1.54, 1.807) is 12.1 Å². The van der Waals surface area contributed by atoms with Crippen LogP contribution < -0.4 is 0 Å². The minimum atomic E-state index is -4.29. The lowest BCUT2D eigenvalue weighted by atomic mass is 9.91. The van der Waals surface area contributed by atoms with Crippen molar-refractivity contribution >= 4 is 9.84 Å². The van der Waals surface area contributed by atoms with E-state index in [9.17, 15) is 21.6 Å². The lowest BCUT2D eigenvalue weighted by molar-refractivity contribution is -0.137. The van der Waals surface area contributed by atoms with Crippen LogP contribution in [0.3, 0.4) is 0 Å². The second kappa shape index (κ2) is 5.71. The average molecular weight is 373 g/mol. The van der Waals surface area contributed by atoms with E-state index in [0.29, 0.717) is 23.5 Å². The van der Waals surface area contributed by atoms with E-state index in [-0.39, 0.29) is 5.41 Å². The van der Waals surface area contributed by atoms with Gasteiger partial charge in [-0.3, -0.25) is 4.90 Å². The summed E-state index contributed by atoms with van der Waals surface area (Å²) < 4.78 is 61.1. The lowest BCUT2D eigenvalue weighted by Crippen LogP contribution is -2.50. The van der Waals surface area contributed by atoms with Crippen molar-refractivity contribution in [2.24, 2.45) is 5.41 Å². The number of alkyl halides is 3. The molecule has 0 bridgehead atoms. The van der Waals surface area contributed by atoms with Crippen LogP contribution in [-0.4, -0.2) is 44.0 Å². The summed E-state index contributed by atoms with van der Waals surface area (Å²) >= 11 is 0. The Kier molecular flexibility index (Phi) is 3.96. The topological polar surface area (TPSA) is 37.4 Å². The van der Waals surface area contributed by atoms with Crippen molar-refractivity contribution in [1.29, 1.82) is 0 Å². The highest BCUT2D eigenvalue weighted by atomic mass is 32.2. The molecule has 0 unspecified atom stereocenters. The maximum Gasteiger partial charge on any atom is 0.416 e. The molecule has 2 aliphatic heterocycles. The first-order valence-electron chi connectivity index (χ1n) is 8.78. The summed E-state index contributed by atoms with van der Waals surface area (Å²) in [6, 6.07) is 5.99. The van der Waals surface area contributed by atoms with Crippen molar-refractivity contribution in [3.8, 4) is 0 Å². The standard InChI is InChI=1S/C18H22F3NO2S/c19-18(20,21)15-4-1-13(2-5-15)14-3-6-16(9-14)22-8-7-17(10-22)11-25(23,24)12-17/h1-2,4-5,14,16H,3,6-12H2/t14-,16-/m1/s1. The maximum atomic E-state index is 12.7. The largest absolute Gasteiger partial charge is 0.416 e. The molecule has 1 saturated carbocycles. The Hall–Kier alpha value is -1.08. The summed E-state index contributed by atoms with van der Waals surface area (Å²) in [6.45, 7) is 1.80. The van der Waals surface area contributed by atoms with Gasteiger partial charge in [-0.1, -0.05) is 12.1 Å². The lowest BCUT2D eigenvalue weighted by Gasteiger charge is -2.38. The quantitative estimate of drug-likeness (QED) is 0.797. The number of sulfone groups is 1. The Morgan fingerprint density at radius 3 is 2.36 bits per heavy atom. The zero-order valence-corrected chi connectivity index (χ0v) is 14.7. The van der Waals surface area contributed by atoms with Crippen LogP contribution in [-0.2, 0) is 16.0 Å². The number of rotatable bonds is 2. The molecule has 2 atom stereocenters. The molecule has 25 heavy (non-hydrogen) atoms. The molecule has 3 aliphatic rings. The van der Waals surface area contributed by atoms with Gasteiger partial charge in [0, 0.05) is 18.0 Å². The van der Waals surface area contributed by atoms with Gasteiger partial charge in [-0.15, -0.1) is 0 Å². The first-order valence-corrected chi connectivity index (χ1v) is 10.6. The van der Waals surface area contributed by atoms with Crippen molar-refractivity contribution in [3.63, 3.8) is 0 Å². The van der Waals surface area contributed by atoms with Gasteiger partial charge in [-0.05, 0) is 55.8 Å². The predicted molar refractivity (Wildman–Crippen MR) is 89.1 cm³/mol. The molecular weight excluding hydrogens is 351 g/mol. The van der Waals surface area contributed by atoms with Crippen LogP contribution in [0.2, 0.25) is 0 Å². The molecule has 0 N–H and O–H groups in total. The summed E-state index contributed by atoms with van der Waals surface area (Å²) in [5.74, 6) is 0.950. The van der Waals surface area contributed by atoms with E-state index < -0.39 is 21.6 Å². The number of nitrogens with zero attached hydrogens (tertiary/aromatic N) is 1. The molecule has 1 aromatic rings. The van der Waals surface area contributed by atoms with Crippen LogP contribution in [0.15, 0.2) is 24.3 Å².